The van der Waals surface area contributed by atoms with Crippen molar-refractivity contribution in [2.24, 2.45) is 0 Å². The second kappa shape index (κ2) is 13.8. The Kier molecular flexibility index (Phi) is 12.3. The molecule has 0 aromatic heterocycles. The number of carbonyl (C=O) groups is 1. The zero-order chi connectivity index (χ0) is 16.8. The minimum atomic E-state index is -0.212. The fraction of sp³-hybridized carbons (Fsp3) is 0.650. The lowest BCUT2D eigenvalue weighted by molar-refractivity contribution is -0.143. The molecule has 1 aliphatic heterocycles. The van der Waals surface area contributed by atoms with Crippen molar-refractivity contribution in [3.05, 3.63) is 36.5 Å². The van der Waals surface area contributed by atoms with Gasteiger partial charge in [-0.05, 0) is 32.1 Å². The van der Waals surface area contributed by atoms with Crippen LogP contribution in [-0.4, -0.2) is 16.0 Å². The van der Waals surface area contributed by atoms with E-state index in [1.165, 1.54) is 44.6 Å². The summed E-state index contributed by atoms with van der Waals surface area (Å²) in [5, 5.41) is 0. The maximum Gasteiger partial charge on any atom is 0.331 e. The first-order valence-corrected chi connectivity index (χ1v) is 10.3. The molecule has 0 spiro atoms. The minimum Gasteiger partial charge on any atom is -0.458 e. The summed E-state index contributed by atoms with van der Waals surface area (Å²) in [6.07, 6.45) is 23.3. The van der Waals surface area contributed by atoms with Gasteiger partial charge in [0.2, 0.25) is 0 Å². The third-order valence-corrected chi connectivity index (χ3v) is 5.49. The van der Waals surface area contributed by atoms with Gasteiger partial charge in [-0.1, -0.05) is 92.0 Å². The molecule has 0 aromatic rings. The lowest BCUT2D eigenvalue weighted by Gasteiger charge is -2.22. The van der Waals surface area contributed by atoms with Crippen LogP contribution in [0.5, 0.6) is 0 Å². The van der Waals surface area contributed by atoms with Crippen LogP contribution in [0.25, 0.3) is 0 Å². The summed E-state index contributed by atoms with van der Waals surface area (Å²) in [5.74, 6) is -0.212. The maximum absolute atomic E-state index is 12.0. The van der Waals surface area contributed by atoms with Gasteiger partial charge in [-0.25, -0.2) is 4.79 Å². The molecule has 2 unspecified atom stereocenters. The fourth-order valence-corrected chi connectivity index (χ4v) is 3.62. The highest BCUT2D eigenvalue weighted by Crippen LogP contribution is 2.23. The molecule has 23 heavy (non-hydrogen) atoms. The summed E-state index contributed by atoms with van der Waals surface area (Å²) < 4.78 is 6.15. The number of rotatable bonds is 5. The van der Waals surface area contributed by atoms with Gasteiger partial charge in [0.15, 0.2) is 0 Å². The van der Waals surface area contributed by atoms with Gasteiger partial charge >= 0.3 is 5.97 Å². The van der Waals surface area contributed by atoms with Crippen LogP contribution < -0.4 is 0 Å². The molecule has 2 nitrogen and oxygen atoms in total. The number of halogens is 1. The number of carbonyl (C=O) groups excluding carboxylic acids is 1. The van der Waals surface area contributed by atoms with E-state index in [1.54, 1.807) is 6.08 Å². The molecule has 0 aliphatic carbocycles. The van der Waals surface area contributed by atoms with Crippen molar-refractivity contribution in [1.29, 1.82) is 0 Å². The highest BCUT2D eigenvalue weighted by Gasteiger charge is 2.21. The molecule has 0 amide bonds. The SMILES string of the molecule is CCCCCC(I)C1CCCCCC\C=C/C=C\C=C/C(=O)O1. The van der Waals surface area contributed by atoms with E-state index < -0.39 is 0 Å². The van der Waals surface area contributed by atoms with Crippen molar-refractivity contribution < 1.29 is 9.53 Å². The Balaban J connectivity index is 2.59. The smallest absolute Gasteiger partial charge is 0.331 e. The van der Waals surface area contributed by atoms with Crippen molar-refractivity contribution in [2.75, 3.05) is 0 Å². The number of esters is 1. The first-order chi connectivity index (χ1) is 11.2. The predicted molar refractivity (Wildman–Crippen MR) is 107 cm³/mol. The van der Waals surface area contributed by atoms with Crippen LogP contribution in [0.1, 0.15) is 71.1 Å². The van der Waals surface area contributed by atoms with Gasteiger partial charge in [-0.3, -0.25) is 0 Å². The molecule has 2 atom stereocenters. The molecular weight excluding hydrogens is 399 g/mol. The molecule has 0 saturated heterocycles. The Morgan fingerprint density at radius 2 is 1.91 bits per heavy atom. The van der Waals surface area contributed by atoms with E-state index >= 15 is 0 Å². The standard InChI is InChI=1S/C20H31IO2/c1-2-3-12-15-18(21)19-16-13-10-8-6-4-5-7-9-11-14-17-20(22)23-19/h5,7,9,11,14,17-19H,2-4,6,8,10,12-13,15-16H2,1H3/b7-5-,11-9-,17-14-. The van der Waals surface area contributed by atoms with Crippen LogP contribution in [0.15, 0.2) is 36.5 Å². The topological polar surface area (TPSA) is 26.3 Å². The van der Waals surface area contributed by atoms with Crippen LogP contribution in [0.2, 0.25) is 0 Å². The average Bonchev–Trinajstić information content (AvgIpc) is 2.55. The number of ether oxygens (including phenoxy) is 1. The second-order valence-corrected chi connectivity index (χ2v) is 7.75. The number of alkyl halides is 1. The number of hydrogen-bond acceptors (Lipinski definition) is 2. The highest BCUT2D eigenvalue weighted by molar-refractivity contribution is 14.1. The summed E-state index contributed by atoms with van der Waals surface area (Å²) >= 11 is 2.47. The summed E-state index contributed by atoms with van der Waals surface area (Å²) in [7, 11) is 0. The van der Waals surface area contributed by atoms with Gasteiger partial charge in [0, 0.05) is 10.0 Å². The zero-order valence-corrected chi connectivity index (χ0v) is 16.5. The van der Waals surface area contributed by atoms with Crippen LogP contribution in [0.4, 0.5) is 0 Å². The van der Waals surface area contributed by atoms with Gasteiger partial charge in [-0.15, -0.1) is 0 Å². The van der Waals surface area contributed by atoms with Crippen LogP contribution >= 0.6 is 22.6 Å². The van der Waals surface area contributed by atoms with Gasteiger partial charge in [0.05, 0.1) is 0 Å². The molecular formula is C20H31IO2. The Morgan fingerprint density at radius 3 is 2.74 bits per heavy atom. The maximum atomic E-state index is 12.0. The quantitative estimate of drug-likeness (QED) is 0.221. The van der Waals surface area contributed by atoms with E-state index in [1.807, 2.05) is 18.2 Å². The Morgan fingerprint density at radius 1 is 1.13 bits per heavy atom. The molecule has 0 bridgehead atoms. The van der Waals surface area contributed by atoms with E-state index in [0.717, 1.165) is 25.7 Å². The Labute approximate surface area is 155 Å². The number of unbranched alkanes of at least 4 members (excludes halogenated alkanes) is 2. The lowest BCUT2D eigenvalue weighted by atomic mass is 10.0. The molecule has 1 rings (SSSR count). The van der Waals surface area contributed by atoms with Crippen LogP contribution in [0.3, 0.4) is 0 Å². The first-order valence-electron chi connectivity index (χ1n) is 9.08. The second-order valence-electron chi connectivity index (χ2n) is 6.15. The van der Waals surface area contributed by atoms with Crippen molar-refractivity contribution in [3.63, 3.8) is 0 Å². The molecule has 130 valence electrons. The molecule has 1 aliphatic rings. The van der Waals surface area contributed by atoms with Gasteiger partial charge in [-0.2, -0.15) is 0 Å². The van der Waals surface area contributed by atoms with Crippen molar-refractivity contribution in [3.8, 4) is 0 Å². The summed E-state index contributed by atoms with van der Waals surface area (Å²) in [6.45, 7) is 2.22. The first kappa shape index (κ1) is 20.5. The van der Waals surface area contributed by atoms with Crippen LogP contribution in [-0.2, 0) is 9.53 Å². The van der Waals surface area contributed by atoms with E-state index in [4.69, 9.17) is 4.74 Å². The monoisotopic (exact) mass is 430 g/mol. The van der Waals surface area contributed by atoms with Gasteiger partial charge in [0.1, 0.15) is 6.10 Å². The van der Waals surface area contributed by atoms with E-state index in [0.29, 0.717) is 3.92 Å². The molecule has 0 saturated carbocycles. The fourth-order valence-electron chi connectivity index (χ4n) is 2.68. The molecule has 0 radical (unpaired) electrons. The van der Waals surface area contributed by atoms with E-state index in [-0.39, 0.29) is 12.1 Å². The molecule has 0 fully saturated rings. The predicted octanol–water partition coefficient (Wildman–Crippen LogP) is 6.30. The van der Waals surface area contributed by atoms with Crippen molar-refractivity contribution >= 4 is 28.6 Å². The number of allylic oxidation sites excluding steroid dienone is 5. The molecule has 3 heteroatoms. The lowest BCUT2D eigenvalue weighted by Crippen LogP contribution is -2.26. The average molecular weight is 430 g/mol. The van der Waals surface area contributed by atoms with E-state index in [9.17, 15) is 4.79 Å². The van der Waals surface area contributed by atoms with Crippen LogP contribution in [0, 0.1) is 0 Å². The summed E-state index contributed by atoms with van der Waals surface area (Å²) in [4.78, 5) is 12.0. The normalized spacial score (nSPS) is 26.3. The zero-order valence-electron chi connectivity index (χ0n) is 14.4. The number of hydrogen-bond donors (Lipinski definition) is 0. The molecule has 0 N–H and O–H groups in total. The van der Waals surface area contributed by atoms with Crippen molar-refractivity contribution in [2.45, 2.75) is 81.2 Å². The summed E-state index contributed by atoms with van der Waals surface area (Å²) in [6, 6.07) is 0. The Bertz CT molecular complexity index is 398. The van der Waals surface area contributed by atoms with Crippen molar-refractivity contribution in [1.82, 2.24) is 0 Å². The van der Waals surface area contributed by atoms with Gasteiger partial charge in [0.25, 0.3) is 0 Å². The molecule has 1 heterocycles. The van der Waals surface area contributed by atoms with Gasteiger partial charge < -0.3 is 4.74 Å². The Hall–Kier alpha value is -0.580. The summed E-state index contributed by atoms with van der Waals surface area (Å²) in [5.41, 5.74) is 0. The largest absolute Gasteiger partial charge is 0.458 e. The third kappa shape index (κ3) is 10.7. The third-order valence-electron chi connectivity index (χ3n) is 4.07. The number of cyclic esters (lactones) is 1. The highest BCUT2D eigenvalue weighted by atomic mass is 127. The minimum absolute atomic E-state index is 0.0526. The molecule has 0 aromatic carbocycles. The van der Waals surface area contributed by atoms with E-state index in [2.05, 4.69) is 35.6 Å².